The number of amides is 2. The van der Waals surface area contributed by atoms with Crippen molar-refractivity contribution in [2.75, 3.05) is 19.0 Å². The molecule has 0 spiro atoms. The number of thioether (sulfide) groups is 1. The normalized spacial score (nSPS) is 32.6. The number of hydrogen-bond donors (Lipinski definition) is 2. The second-order valence-electron chi connectivity index (χ2n) is 4.77. The first-order valence-corrected chi connectivity index (χ1v) is 7.59. The Morgan fingerprint density at radius 2 is 2.12 bits per heavy atom. The van der Waals surface area contributed by atoms with Crippen molar-refractivity contribution in [1.29, 1.82) is 0 Å². The van der Waals surface area contributed by atoms with Gasteiger partial charge in [-0.15, -0.1) is 0 Å². The molecule has 1 aliphatic carbocycles. The minimum Gasteiger partial charge on any atom is -0.379 e. The molecule has 0 radical (unpaired) electrons. The fourth-order valence-corrected chi connectivity index (χ4v) is 3.66. The van der Waals surface area contributed by atoms with E-state index in [0.29, 0.717) is 12.6 Å². The van der Waals surface area contributed by atoms with Crippen molar-refractivity contribution in [3.63, 3.8) is 0 Å². The van der Waals surface area contributed by atoms with Crippen molar-refractivity contribution in [1.82, 2.24) is 10.6 Å². The van der Waals surface area contributed by atoms with E-state index in [4.69, 9.17) is 4.74 Å². The lowest BCUT2D eigenvalue weighted by Crippen LogP contribution is -2.45. The Hall–Kier alpha value is -0.420. The van der Waals surface area contributed by atoms with Crippen LogP contribution in [0.15, 0.2) is 0 Å². The van der Waals surface area contributed by atoms with Gasteiger partial charge >= 0.3 is 6.03 Å². The highest BCUT2D eigenvalue weighted by molar-refractivity contribution is 7.99. The summed E-state index contributed by atoms with van der Waals surface area (Å²) < 4.78 is 5.23. The average molecular weight is 258 g/mol. The number of carbonyl (C=O) groups excluding carboxylic acids is 1. The van der Waals surface area contributed by atoms with Gasteiger partial charge < -0.3 is 15.4 Å². The zero-order chi connectivity index (χ0) is 12.1. The number of nitrogens with one attached hydrogen (secondary N) is 2. The van der Waals surface area contributed by atoms with Crippen LogP contribution >= 0.6 is 11.8 Å². The van der Waals surface area contributed by atoms with Crippen LogP contribution in [0, 0.1) is 0 Å². The molecule has 0 aromatic rings. The van der Waals surface area contributed by atoms with Crippen LogP contribution in [0.2, 0.25) is 0 Å². The zero-order valence-corrected chi connectivity index (χ0v) is 11.2. The molecule has 17 heavy (non-hydrogen) atoms. The maximum absolute atomic E-state index is 11.7. The van der Waals surface area contributed by atoms with Gasteiger partial charge in [0.2, 0.25) is 0 Å². The highest BCUT2D eigenvalue weighted by Crippen LogP contribution is 2.29. The van der Waals surface area contributed by atoms with Gasteiger partial charge in [-0.1, -0.05) is 6.92 Å². The molecular weight excluding hydrogens is 236 g/mol. The molecule has 0 bridgehead atoms. The Morgan fingerprint density at radius 3 is 2.82 bits per heavy atom. The fourth-order valence-electron chi connectivity index (χ4n) is 2.52. The largest absolute Gasteiger partial charge is 0.379 e. The third-order valence-electron chi connectivity index (χ3n) is 3.39. The van der Waals surface area contributed by atoms with Crippen LogP contribution in [0.4, 0.5) is 4.79 Å². The van der Waals surface area contributed by atoms with E-state index in [2.05, 4.69) is 17.6 Å². The van der Waals surface area contributed by atoms with E-state index in [1.165, 1.54) is 12.2 Å². The third-order valence-corrected chi connectivity index (χ3v) is 4.62. The predicted octanol–water partition coefficient (Wildman–Crippen LogP) is 1.75. The number of carbonyl (C=O) groups is 1. The molecule has 98 valence electrons. The first-order valence-electron chi connectivity index (χ1n) is 6.54. The van der Waals surface area contributed by atoms with Gasteiger partial charge in [0, 0.05) is 17.9 Å². The van der Waals surface area contributed by atoms with Gasteiger partial charge in [0.1, 0.15) is 0 Å². The third kappa shape index (κ3) is 4.07. The average Bonchev–Trinajstić information content (AvgIpc) is 2.91. The first kappa shape index (κ1) is 13.0. The van der Waals surface area contributed by atoms with E-state index in [9.17, 15) is 4.79 Å². The van der Waals surface area contributed by atoms with E-state index in [0.717, 1.165) is 31.1 Å². The van der Waals surface area contributed by atoms with Gasteiger partial charge in [0.05, 0.1) is 12.6 Å². The van der Waals surface area contributed by atoms with Crippen molar-refractivity contribution in [2.45, 2.75) is 49.9 Å². The zero-order valence-electron chi connectivity index (χ0n) is 10.4. The molecule has 2 aliphatic rings. The number of urea groups is 1. The number of rotatable bonds is 4. The lowest BCUT2D eigenvalue weighted by Gasteiger charge is -2.16. The minimum atomic E-state index is -0.0207. The van der Waals surface area contributed by atoms with Crippen molar-refractivity contribution in [3.05, 3.63) is 0 Å². The maximum atomic E-state index is 11.7. The Kier molecular flexibility index (Phi) is 4.98. The summed E-state index contributed by atoms with van der Waals surface area (Å²) in [6.07, 6.45) is 4.40. The van der Waals surface area contributed by atoms with E-state index in [-0.39, 0.29) is 12.1 Å². The molecule has 2 rings (SSSR count). The summed E-state index contributed by atoms with van der Waals surface area (Å²) in [5, 5.41) is 6.78. The Labute approximate surface area is 107 Å². The molecule has 2 amide bonds. The highest BCUT2D eigenvalue weighted by Gasteiger charge is 2.26. The van der Waals surface area contributed by atoms with Gasteiger partial charge in [-0.05, 0) is 31.4 Å². The van der Waals surface area contributed by atoms with E-state index in [1.807, 2.05) is 11.8 Å². The van der Waals surface area contributed by atoms with E-state index >= 15 is 0 Å². The molecule has 1 heterocycles. The second kappa shape index (κ2) is 6.50. The van der Waals surface area contributed by atoms with Crippen LogP contribution in [0.5, 0.6) is 0 Å². The molecule has 2 fully saturated rings. The van der Waals surface area contributed by atoms with Crippen LogP contribution in [0.1, 0.15) is 32.6 Å². The molecule has 3 unspecified atom stereocenters. The van der Waals surface area contributed by atoms with Gasteiger partial charge in [0.25, 0.3) is 0 Å². The topological polar surface area (TPSA) is 50.4 Å². The van der Waals surface area contributed by atoms with Gasteiger partial charge in [-0.2, -0.15) is 11.8 Å². The van der Waals surface area contributed by atoms with Crippen molar-refractivity contribution in [3.8, 4) is 0 Å². The van der Waals surface area contributed by atoms with E-state index < -0.39 is 0 Å². The summed E-state index contributed by atoms with van der Waals surface area (Å²) in [6, 6.07) is 0.547. The minimum absolute atomic E-state index is 0.0207. The van der Waals surface area contributed by atoms with Gasteiger partial charge in [0.15, 0.2) is 0 Å². The SMILES string of the molecule is CCSC1CCC(NC(=O)NC2CCOC2)C1. The van der Waals surface area contributed by atoms with Crippen LogP contribution in [-0.4, -0.2) is 42.3 Å². The van der Waals surface area contributed by atoms with Gasteiger partial charge in [-0.3, -0.25) is 0 Å². The molecule has 3 atom stereocenters. The molecule has 1 saturated heterocycles. The number of hydrogen-bond acceptors (Lipinski definition) is 3. The summed E-state index contributed by atoms with van der Waals surface area (Å²) in [5.41, 5.74) is 0. The smallest absolute Gasteiger partial charge is 0.315 e. The Bertz CT molecular complexity index is 257. The molecule has 5 heteroatoms. The van der Waals surface area contributed by atoms with Gasteiger partial charge in [-0.25, -0.2) is 4.79 Å². The summed E-state index contributed by atoms with van der Waals surface area (Å²) in [7, 11) is 0. The maximum Gasteiger partial charge on any atom is 0.315 e. The second-order valence-corrected chi connectivity index (χ2v) is 6.34. The van der Waals surface area contributed by atoms with Crippen LogP contribution in [0.25, 0.3) is 0 Å². The highest BCUT2D eigenvalue weighted by atomic mass is 32.2. The molecule has 1 saturated carbocycles. The van der Waals surface area contributed by atoms with Crippen molar-refractivity contribution >= 4 is 17.8 Å². The molecule has 4 nitrogen and oxygen atoms in total. The molecule has 2 N–H and O–H groups in total. The Balaban J connectivity index is 1.65. The Morgan fingerprint density at radius 1 is 1.29 bits per heavy atom. The summed E-state index contributed by atoms with van der Waals surface area (Å²) in [5.74, 6) is 1.17. The number of ether oxygens (including phenoxy) is 1. The summed E-state index contributed by atoms with van der Waals surface area (Å²) in [4.78, 5) is 11.7. The van der Waals surface area contributed by atoms with Crippen LogP contribution in [0.3, 0.4) is 0 Å². The lowest BCUT2D eigenvalue weighted by atomic mass is 10.2. The quantitative estimate of drug-likeness (QED) is 0.807. The molecule has 0 aromatic heterocycles. The monoisotopic (exact) mass is 258 g/mol. The lowest BCUT2D eigenvalue weighted by molar-refractivity contribution is 0.188. The fraction of sp³-hybridized carbons (Fsp3) is 0.917. The van der Waals surface area contributed by atoms with Crippen molar-refractivity contribution < 1.29 is 9.53 Å². The van der Waals surface area contributed by atoms with Crippen molar-refractivity contribution in [2.24, 2.45) is 0 Å². The predicted molar refractivity (Wildman–Crippen MR) is 70.5 cm³/mol. The van der Waals surface area contributed by atoms with Crippen LogP contribution in [-0.2, 0) is 4.74 Å². The standard InChI is InChI=1S/C12H22N2O2S/c1-2-17-11-4-3-9(7-11)13-12(15)14-10-5-6-16-8-10/h9-11H,2-8H2,1H3,(H2,13,14,15). The van der Waals surface area contributed by atoms with Crippen LogP contribution < -0.4 is 10.6 Å². The van der Waals surface area contributed by atoms with E-state index in [1.54, 1.807) is 0 Å². The molecular formula is C12H22N2O2S. The molecule has 1 aliphatic heterocycles. The summed E-state index contributed by atoms with van der Waals surface area (Å²) in [6.45, 7) is 3.62. The molecule has 0 aromatic carbocycles. The first-order chi connectivity index (χ1) is 8.28. The summed E-state index contributed by atoms with van der Waals surface area (Å²) >= 11 is 2.01.